The van der Waals surface area contributed by atoms with Crippen LogP contribution in [0.2, 0.25) is 0 Å². The molecule has 0 fully saturated rings. The normalized spacial score (nSPS) is 24.2. The fraction of sp³-hybridized carbons (Fsp3) is 0.500. The molecule has 1 heterocycles. The third kappa shape index (κ3) is 2.33. The predicted octanol–water partition coefficient (Wildman–Crippen LogP) is 1.86. The van der Waals surface area contributed by atoms with Crippen molar-refractivity contribution in [3.05, 3.63) is 23.3 Å². The molecule has 1 amide bonds. The van der Waals surface area contributed by atoms with Gasteiger partial charge in [0.05, 0.1) is 6.54 Å². The van der Waals surface area contributed by atoms with E-state index >= 15 is 0 Å². The second-order valence-electron chi connectivity index (χ2n) is 4.36. The maximum Gasteiger partial charge on any atom is 0.408 e. The molecule has 1 aliphatic carbocycles. The van der Waals surface area contributed by atoms with Crippen LogP contribution in [0.5, 0.6) is 0 Å². The highest BCUT2D eigenvalue weighted by Gasteiger charge is 2.34. The van der Waals surface area contributed by atoms with Gasteiger partial charge in [0.1, 0.15) is 0 Å². The van der Waals surface area contributed by atoms with Crippen molar-refractivity contribution in [2.45, 2.75) is 31.7 Å². The number of nitrogens with zero attached hydrogens (tertiary/aromatic N) is 1. The molecule has 0 radical (unpaired) electrons. The molecule has 17 heavy (non-hydrogen) atoms. The van der Waals surface area contributed by atoms with Crippen LogP contribution in [-0.4, -0.2) is 39.8 Å². The summed E-state index contributed by atoms with van der Waals surface area (Å²) in [5.74, 6) is -1.11. The van der Waals surface area contributed by atoms with Crippen molar-refractivity contribution in [3.8, 4) is 0 Å². The van der Waals surface area contributed by atoms with Crippen LogP contribution in [0.15, 0.2) is 23.3 Å². The number of carboxylic acid groups (broad SMARTS) is 2. The van der Waals surface area contributed by atoms with Crippen LogP contribution >= 0.6 is 0 Å². The molecule has 0 bridgehead atoms. The Labute approximate surface area is 99.0 Å². The zero-order valence-corrected chi connectivity index (χ0v) is 9.43. The molecule has 0 saturated carbocycles. The fourth-order valence-corrected chi connectivity index (χ4v) is 2.34. The van der Waals surface area contributed by atoms with Crippen molar-refractivity contribution < 1.29 is 19.8 Å². The minimum absolute atomic E-state index is 0.193. The molecule has 1 aliphatic heterocycles. The number of hydrogen-bond donors (Lipinski definition) is 2. The molecule has 0 aromatic rings. The number of aliphatic carboxylic acids is 1. The Kier molecular flexibility index (Phi) is 3.17. The number of carboxylic acids is 1. The summed E-state index contributed by atoms with van der Waals surface area (Å²) in [4.78, 5) is 22.9. The van der Waals surface area contributed by atoms with E-state index in [1.54, 1.807) is 6.08 Å². The lowest BCUT2D eigenvalue weighted by molar-refractivity contribution is -0.140. The van der Waals surface area contributed by atoms with Crippen LogP contribution in [0.4, 0.5) is 4.79 Å². The first-order valence-corrected chi connectivity index (χ1v) is 5.72. The number of hydrogen-bond acceptors (Lipinski definition) is 2. The van der Waals surface area contributed by atoms with Crippen molar-refractivity contribution in [2.75, 3.05) is 6.54 Å². The Morgan fingerprint density at radius 1 is 1.24 bits per heavy atom. The average Bonchev–Trinajstić information content (AvgIpc) is 2.75. The molecule has 2 aliphatic rings. The van der Waals surface area contributed by atoms with Gasteiger partial charge in [0, 0.05) is 0 Å². The van der Waals surface area contributed by atoms with Gasteiger partial charge >= 0.3 is 12.1 Å². The summed E-state index contributed by atoms with van der Waals surface area (Å²) in [6, 6.07) is -1.04. The number of carbonyl (C=O) groups is 2. The molecule has 1 atom stereocenters. The van der Waals surface area contributed by atoms with Gasteiger partial charge in [-0.2, -0.15) is 0 Å². The standard InChI is InChI=1S/C12H15NO4/c14-11(15)10-6-9(7-13(10)12(16)17)8-4-2-1-3-5-8/h4,6,10H,1-3,5,7H2,(H,14,15)(H,16,17). The largest absolute Gasteiger partial charge is 0.479 e. The Balaban J connectivity index is 2.20. The summed E-state index contributed by atoms with van der Waals surface area (Å²) in [5.41, 5.74) is 1.98. The number of rotatable bonds is 2. The highest BCUT2D eigenvalue weighted by molar-refractivity contribution is 5.83. The highest BCUT2D eigenvalue weighted by Crippen LogP contribution is 2.29. The third-order valence-electron chi connectivity index (χ3n) is 3.24. The van der Waals surface area contributed by atoms with Crippen molar-refractivity contribution >= 4 is 12.1 Å². The van der Waals surface area contributed by atoms with Gasteiger partial charge in [-0.1, -0.05) is 6.08 Å². The van der Waals surface area contributed by atoms with Crippen LogP contribution in [0, 0.1) is 0 Å². The van der Waals surface area contributed by atoms with Crippen LogP contribution in [0.25, 0.3) is 0 Å². The molecule has 92 valence electrons. The smallest absolute Gasteiger partial charge is 0.408 e. The number of amides is 1. The fourth-order valence-electron chi connectivity index (χ4n) is 2.34. The van der Waals surface area contributed by atoms with E-state index < -0.39 is 18.1 Å². The zero-order valence-electron chi connectivity index (χ0n) is 9.43. The molecule has 0 aromatic heterocycles. The molecule has 1 unspecified atom stereocenters. The molecule has 0 saturated heterocycles. The van der Waals surface area contributed by atoms with Crippen LogP contribution in [-0.2, 0) is 4.79 Å². The van der Waals surface area contributed by atoms with Gasteiger partial charge < -0.3 is 10.2 Å². The van der Waals surface area contributed by atoms with Crippen molar-refractivity contribution in [1.29, 1.82) is 0 Å². The van der Waals surface area contributed by atoms with Gasteiger partial charge in [0.15, 0.2) is 6.04 Å². The Morgan fingerprint density at radius 3 is 2.47 bits per heavy atom. The van der Waals surface area contributed by atoms with E-state index in [0.29, 0.717) is 0 Å². The molecular weight excluding hydrogens is 222 g/mol. The van der Waals surface area contributed by atoms with Crippen LogP contribution in [0.1, 0.15) is 25.7 Å². The second-order valence-corrected chi connectivity index (χ2v) is 4.36. The summed E-state index contributed by atoms with van der Waals surface area (Å²) in [6.07, 6.45) is 6.64. The van der Waals surface area contributed by atoms with Gasteiger partial charge in [-0.15, -0.1) is 0 Å². The lowest BCUT2D eigenvalue weighted by Gasteiger charge is -2.18. The van der Waals surface area contributed by atoms with E-state index in [1.807, 2.05) is 0 Å². The lowest BCUT2D eigenvalue weighted by atomic mass is 9.94. The summed E-state index contributed by atoms with van der Waals surface area (Å²) in [5, 5.41) is 17.9. The molecular formula is C12H15NO4. The average molecular weight is 237 g/mol. The first kappa shape index (κ1) is 11.7. The van der Waals surface area contributed by atoms with Gasteiger partial charge in [-0.25, -0.2) is 9.59 Å². The number of allylic oxidation sites excluding steroid dienone is 1. The first-order chi connectivity index (χ1) is 8.09. The van der Waals surface area contributed by atoms with E-state index in [2.05, 4.69) is 6.08 Å². The monoisotopic (exact) mass is 237 g/mol. The molecule has 0 spiro atoms. The molecule has 2 rings (SSSR count). The van der Waals surface area contributed by atoms with Gasteiger partial charge in [0.2, 0.25) is 0 Å². The molecule has 2 N–H and O–H groups in total. The molecule has 0 aromatic carbocycles. The summed E-state index contributed by atoms with van der Waals surface area (Å²) in [6.45, 7) is 0.193. The maximum absolute atomic E-state index is 11.0. The summed E-state index contributed by atoms with van der Waals surface area (Å²) in [7, 11) is 0. The third-order valence-corrected chi connectivity index (χ3v) is 3.24. The van der Waals surface area contributed by atoms with E-state index in [1.165, 1.54) is 0 Å². The highest BCUT2D eigenvalue weighted by atomic mass is 16.4. The maximum atomic E-state index is 11.0. The topological polar surface area (TPSA) is 77.8 Å². The predicted molar refractivity (Wildman–Crippen MR) is 60.8 cm³/mol. The van der Waals surface area contributed by atoms with Gasteiger partial charge in [-0.3, -0.25) is 4.90 Å². The lowest BCUT2D eigenvalue weighted by Crippen LogP contribution is -2.40. The minimum atomic E-state index is -1.18. The Hall–Kier alpha value is -1.78. The van der Waals surface area contributed by atoms with Gasteiger partial charge in [0.25, 0.3) is 0 Å². The summed E-state index contributed by atoms with van der Waals surface area (Å²) < 4.78 is 0. The molecule has 5 heteroatoms. The Bertz CT molecular complexity index is 411. The SMILES string of the molecule is O=C(O)C1C=C(C2=CCCCC2)CN1C(=O)O. The quantitative estimate of drug-likeness (QED) is 0.768. The van der Waals surface area contributed by atoms with Crippen molar-refractivity contribution in [2.24, 2.45) is 0 Å². The summed E-state index contributed by atoms with van der Waals surface area (Å²) >= 11 is 0. The van der Waals surface area contributed by atoms with E-state index in [4.69, 9.17) is 10.2 Å². The van der Waals surface area contributed by atoms with E-state index in [0.717, 1.165) is 41.7 Å². The minimum Gasteiger partial charge on any atom is -0.479 e. The van der Waals surface area contributed by atoms with Crippen LogP contribution in [0.3, 0.4) is 0 Å². The Morgan fingerprint density at radius 2 is 2.00 bits per heavy atom. The zero-order chi connectivity index (χ0) is 12.4. The van der Waals surface area contributed by atoms with Crippen molar-refractivity contribution in [1.82, 2.24) is 4.90 Å². The second kappa shape index (κ2) is 4.61. The van der Waals surface area contributed by atoms with E-state index in [-0.39, 0.29) is 6.54 Å². The van der Waals surface area contributed by atoms with Gasteiger partial charge in [-0.05, 0) is 42.9 Å². The molecule has 5 nitrogen and oxygen atoms in total. The van der Waals surface area contributed by atoms with E-state index in [9.17, 15) is 9.59 Å². The van der Waals surface area contributed by atoms with Crippen LogP contribution < -0.4 is 0 Å². The first-order valence-electron chi connectivity index (χ1n) is 5.72. The van der Waals surface area contributed by atoms with Crippen molar-refractivity contribution in [3.63, 3.8) is 0 Å².